The predicted molar refractivity (Wildman–Crippen MR) is 120 cm³/mol. The van der Waals surface area contributed by atoms with E-state index in [1.807, 2.05) is 6.07 Å². The summed E-state index contributed by atoms with van der Waals surface area (Å²) in [6.07, 6.45) is 4.98. The van der Waals surface area contributed by atoms with Gasteiger partial charge in [-0.15, -0.1) is 0 Å². The van der Waals surface area contributed by atoms with Crippen LogP contribution in [0.4, 0.5) is 4.39 Å². The predicted octanol–water partition coefficient (Wildman–Crippen LogP) is 5.50. The number of benzene rings is 1. The smallest absolute Gasteiger partial charge is 0.308 e. The van der Waals surface area contributed by atoms with Gasteiger partial charge in [-0.2, -0.15) is 0 Å². The van der Waals surface area contributed by atoms with Crippen molar-refractivity contribution < 1.29 is 18.3 Å². The van der Waals surface area contributed by atoms with Crippen molar-refractivity contribution in [1.29, 1.82) is 0 Å². The van der Waals surface area contributed by atoms with E-state index in [0.717, 1.165) is 36.4 Å². The van der Waals surface area contributed by atoms with Gasteiger partial charge in [-0.25, -0.2) is 14.4 Å². The molecule has 0 radical (unpaired) electrons. The van der Waals surface area contributed by atoms with E-state index < -0.39 is 0 Å². The fraction of sp³-hybridized carbons (Fsp3) is 0.348. The number of hydrogen-bond acceptors (Lipinski definition) is 7. The van der Waals surface area contributed by atoms with E-state index in [9.17, 15) is 9.18 Å². The van der Waals surface area contributed by atoms with Crippen LogP contribution in [0.25, 0.3) is 11.5 Å². The van der Waals surface area contributed by atoms with E-state index >= 15 is 0 Å². The Balaban J connectivity index is 1.48. The molecule has 0 unspecified atom stereocenters. The molecule has 0 aliphatic heterocycles. The molecule has 0 bridgehead atoms. The molecule has 0 amide bonds. The van der Waals surface area contributed by atoms with Crippen LogP contribution in [0.5, 0.6) is 0 Å². The van der Waals surface area contributed by atoms with E-state index in [1.54, 1.807) is 24.4 Å². The lowest BCUT2D eigenvalue weighted by Gasteiger charge is -2.27. The topological polar surface area (TPSA) is 77.2 Å². The van der Waals surface area contributed by atoms with E-state index in [-0.39, 0.29) is 23.7 Å². The minimum absolute atomic E-state index is 0.0164. The summed E-state index contributed by atoms with van der Waals surface area (Å²) in [6, 6.07) is 9.91. The molecule has 2 aromatic heterocycles. The molecular formula is C23H23ClFN3O3S. The van der Waals surface area contributed by atoms with Crippen LogP contribution in [0.1, 0.15) is 31.4 Å². The third-order valence-electron chi connectivity index (χ3n) is 5.47. The maximum atomic E-state index is 13.3. The summed E-state index contributed by atoms with van der Waals surface area (Å²) in [4.78, 5) is 20.7. The monoisotopic (exact) mass is 475 g/mol. The zero-order chi connectivity index (χ0) is 22.5. The van der Waals surface area contributed by atoms with Gasteiger partial charge in [0.2, 0.25) is 5.89 Å². The number of hydrogen-bond donors (Lipinski definition) is 1. The first-order valence-electron chi connectivity index (χ1n) is 10.4. The van der Waals surface area contributed by atoms with Crippen molar-refractivity contribution in [2.24, 2.45) is 5.92 Å². The van der Waals surface area contributed by atoms with Crippen LogP contribution in [-0.4, -0.2) is 29.1 Å². The highest BCUT2D eigenvalue weighted by atomic mass is 35.5. The number of oxazole rings is 1. The van der Waals surface area contributed by atoms with Crippen molar-refractivity contribution in [3.63, 3.8) is 0 Å². The molecule has 32 heavy (non-hydrogen) atoms. The second kappa shape index (κ2) is 10.5. The van der Waals surface area contributed by atoms with Crippen molar-refractivity contribution in [3.05, 3.63) is 59.1 Å². The van der Waals surface area contributed by atoms with E-state index in [0.29, 0.717) is 28.1 Å². The first kappa shape index (κ1) is 22.8. The van der Waals surface area contributed by atoms with Crippen LogP contribution in [0.2, 0.25) is 5.02 Å². The lowest BCUT2D eigenvalue weighted by Crippen LogP contribution is -2.35. The summed E-state index contributed by atoms with van der Waals surface area (Å²) >= 11 is 7.30. The van der Waals surface area contributed by atoms with E-state index in [1.165, 1.54) is 31.0 Å². The molecule has 1 N–H and O–H groups in total. The number of pyridine rings is 1. The second-order valence-corrected chi connectivity index (χ2v) is 9.06. The number of aromatic nitrogens is 2. The van der Waals surface area contributed by atoms with Gasteiger partial charge < -0.3 is 14.5 Å². The minimum atomic E-state index is -0.315. The van der Waals surface area contributed by atoms with Crippen molar-refractivity contribution in [1.82, 2.24) is 15.3 Å². The molecule has 1 aliphatic rings. The van der Waals surface area contributed by atoms with Crippen LogP contribution >= 0.6 is 23.4 Å². The number of nitrogens with zero attached hydrogens (tertiary/aromatic N) is 2. The van der Waals surface area contributed by atoms with Gasteiger partial charge in [-0.1, -0.05) is 11.6 Å². The number of nitrogens with one attached hydrogen (secondary N) is 1. The molecule has 6 nitrogen and oxygen atoms in total. The zero-order valence-electron chi connectivity index (χ0n) is 17.5. The van der Waals surface area contributed by atoms with Gasteiger partial charge in [0, 0.05) is 24.3 Å². The minimum Gasteiger partial charge on any atom is -0.469 e. The van der Waals surface area contributed by atoms with Crippen LogP contribution in [0, 0.1) is 11.7 Å². The van der Waals surface area contributed by atoms with Crippen LogP contribution in [0.15, 0.2) is 57.1 Å². The van der Waals surface area contributed by atoms with E-state index in [2.05, 4.69) is 15.3 Å². The molecule has 3 aromatic rings. The van der Waals surface area contributed by atoms with Gasteiger partial charge in [-0.3, -0.25) is 4.79 Å². The molecule has 0 atom stereocenters. The maximum absolute atomic E-state index is 13.3. The summed E-state index contributed by atoms with van der Waals surface area (Å²) in [6.45, 7) is 0.508. The molecule has 2 heterocycles. The average Bonchev–Trinajstić information content (AvgIpc) is 3.22. The number of rotatable bonds is 7. The summed E-state index contributed by atoms with van der Waals surface area (Å²) < 4.78 is 24.2. The van der Waals surface area contributed by atoms with Crippen LogP contribution < -0.4 is 5.32 Å². The number of ether oxygens (including phenoxy) is 1. The molecule has 9 heteroatoms. The molecular weight excluding hydrogens is 453 g/mol. The Labute approximate surface area is 194 Å². The van der Waals surface area contributed by atoms with Gasteiger partial charge in [-0.05, 0) is 73.8 Å². The van der Waals surface area contributed by atoms with Gasteiger partial charge in [0.15, 0.2) is 5.09 Å². The Hall–Kier alpha value is -2.42. The molecule has 0 spiro atoms. The lowest BCUT2D eigenvalue weighted by atomic mass is 9.86. The van der Waals surface area contributed by atoms with Gasteiger partial charge >= 0.3 is 5.97 Å². The highest BCUT2D eigenvalue weighted by Crippen LogP contribution is 2.34. The highest BCUT2D eigenvalue weighted by Gasteiger charge is 2.27. The lowest BCUT2D eigenvalue weighted by molar-refractivity contribution is -0.146. The first-order valence-corrected chi connectivity index (χ1v) is 11.6. The third kappa shape index (κ3) is 5.68. The molecule has 1 fully saturated rings. The van der Waals surface area contributed by atoms with Gasteiger partial charge in [0.05, 0.1) is 18.1 Å². The molecule has 168 valence electrons. The Morgan fingerprint density at radius 3 is 2.62 bits per heavy atom. The molecule has 1 aliphatic carbocycles. The highest BCUT2D eigenvalue weighted by molar-refractivity contribution is 7.99. The SMILES string of the molecule is COC(=O)[C@H]1CC[C@@H](NCc2nc(-c3ccc(F)cc3)oc2Sc2ccc(Cl)cn2)CC1. The zero-order valence-corrected chi connectivity index (χ0v) is 19.1. The molecule has 0 saturated heterocycles. The average molecular weight is 476 g/mol. The third-order valence-corrected chi connectivity index (χ3v) is 6.65. The van der Waals surface area contributed by atoms with Crippen molar-refractivity contribution in [3.8, 4) is 11.5 Å². The number of esters is 1. The van der Waals surface area contributed by atoms with Gasteiger partial charge in [0.1, 0.15) is 16.5 Å². The maximum Gasteiger partial charge on any atom is 0.308 e. The van der Waals surface area contributed by atoms with Gasteiger partial charge in [0.25, 0.3) is 0 Å². The molecule has 1 saturated carbocycles. The number of carbonyl (C=O) groups excluding carboxylic acids is 1. The Morgan fingerprint density at radius 2 is 1.97 bits per heavy atom. The summed E-state index contributed by atoms with van der Waals surface area (Å²) in [5.41, 5.74) is 1.45. The van der Waals surface area contributed by atoms with Crippen LogP contribution in [0.3, 0.4) is 0 Å². The first-order chi connectivity index (χ1) is 15.5. The number of carbonyl (C=O) groups is 1. The summed E-state index contributed by atoms with van der Waals surface area (Å²) in [5.74, 6) is -0.0345. The summed E-state index contributed by atoms with van der Waals surface area (Å²) in [5, 5.41) is 5.45. The largest absolute Gasteiger partial charge is 0.469 e. The fourth-order valence-electron chi connectivity index (χ4n) is 3.70. The Bertz CT molecular complexity index is 1050. The normalized spacial score (nSPS) is 18.5. The van der Waals surface area contributed by atoms with Crippen molar-refractivity contribution in [2.75, 3.05) is 7.11 Å². The Morgan fingerprint density at radius 1 is 1.22 bits per heavy atom. The van der Waals surface area contributed by atoms with E-state index in [4.69, 9.17) is 20.8 Å². The standard InChI is InChI=1S/C23H23ClFN3O3S/c1-30-22(29)15-4-9-18(10-5-15)26-13-19-23(32-20-11-6-16(24)12-27-20)31-21(28-19)14-2-7-17(25)8-3-14/h2-3,6-8,11-12,15,18,26H,4-5,9-10,13H2,1H3/t15-,18+. The molecule has 1 aromatic carbocycles. The number of methoxy groups -OCH3 is 1. The van der Waals surface area contributed by atoms with Crippen molar-refractivity contribution >= 4 is 29.3 Å². The molecule has 4 rings (SSSR count). The summed E-state index contributed by atoms with van der Waals surface area (Å²) in [7, 11) is 1.44. The van der Waals surface area contributed by atoms with Crippen molar-refractivity contribution in [2.45, 2.75) is 48.4 Å². The van der Waals surface area contributed by atoms with Crippen LogP contribution in [-0.2, 0) is 16.1 Å². The number of halogens is 2. The quantitative estimate of drug-likeness (QED) is 0.452. The Kier molecular flexibility index (Phi) is 7.44. The second-order valence-electron chi connectivity index (χ2n) is 7.63. The fourth-order valence-corrected chi connectivity index (χ4v) is 4.60.